The fourth-order valence-corrected chi connectivity index (χ4v) is 3.46. The molecule has 0 radical (unpaired) electrons. The van der Waals surface area contributed by atoms with E-state index in [0.717, 1.165) is 11.3 Å². The van der Waals surface area contributed by atoms with Crippen molar-refractivity contribution in [1.29, 1.82) is 0 Å². The third-order valence-corrected chi connectivity index (χ3v) is 5.02. The number of nitrogens with one attached hydrogen (secondary N) is 2. The fraction of sp³-hybridized carbons (Fsp3) is 0.105. The molecule has 0 aliphatic rings. The zero-order chi connectivity index (χ0) is 17.9. The van der Waals surface area contributed by atoms with Crippen LogP contribution in [0.15, 0.2) is 71.8 Å². The van der Waals surface area contributed by atoms with Crippen LogP contribution in [0.1, 0.15) is 11.1 Å². The molecule has 0 saturated heterocycles. The van der Waals surface area contributed by atoms with Gasteiger partial charge in [0.1, 0.15) is 5.82 Å². The summed E-state index contributed by atoms with van der Waals surface area (Å²) in [6, 6.07) is 18.1. The Kier molecular flexibility index (Phi) is 4.72. The van der Waals surface area contributed by atoms with Gasteiger partial charge in [-0.2, -0.15) is 0 Å². The first-order valence-electron chi connectivity index (χ1n) is 7.82. The van der Waals surface area contributed by atoms with E-state index in [9.17, 15) is 8.42 Å². The van der Waals surface area contributed by atoms with Crippen LogP contribution in [-0.4, -0.2) is 13.4 Å². The topological polar surface area (TPSA) is 71.1 Å². The predicted octanol–water partition coefficient (Wildman–Crippen LogP) is 4.24. The quantitative estimate of drug-likeness (QED) is 0.719. The van der Waals surface area contributed by atoms with Crippen molar-refractivity contribution in [2.45, 2.75) is 18.7 Å². The van der Waals surface area contributed by atoms with Crippen molar-refractivity contribution in [2.24, 2.45) is 0 Å². The van der Waals surface area contributed by atoms with Crippen LogP contribution < -0.4 is 10.0 Å². The van der Waals surface area contributed by atoms with Gasteiger partial charge in [0.2, 0.25) is 0 Å². The Morgan fingerprint density at radius 3 is 2.20 bits per heavy atom. The maximum Gasteiger partial charge on any atom is 0.261 e. The van der Waals surface area contributed by atoms with Gasteiger partial charge in [0.25, 0.3) is 10.0 Å². The molecular weight excluding hydrogens is 334 g/mol. The van der Waals surface area contributed by atoms with Crippen molar-refractivity contribution in [2.75, 3.05) is 10.0 Å². The van der Waals surface area contributed by atoms with E-state index in [1.54, 1.807) is 30.3 Å². The molecular formula is C19H19N3O2S. The number of hydrogen-bond donors (Lipinski definition) is 2. The molecule has 0 amide bonds. The van der Waals surface area contributed by atoms with E-state index in [4.69, 9.17) is 0 Å². The maximum atomic E-state index is 12.4. The zero-order valence-corrected chi connectivity index (χ0v) is 14.8. The number of anilines is 3. The maximum absolute atomic E-state index is 12.4. The van der Waals surface area contributed by atoms with Gasteiger partial charge in [-0.05, 0) is 55.8 Å². The Morgan fingerprint density at radius 1 is 0.840 bits per heavy atom. The van der Waals surface area contributed by atoms with Gasteiger partial charge in [0.15, 0.2) is 0 Å². The molecule has 1 aromatic heterocycles. The number of hydrogen-bond acceptors (Lipinski definition) is 4. The summed E-state index contributed by atoms with van der Waals surface area (Å²) in [5, 5.41) is 3.17. The fourth-order valence-electron chi connectivity index (χ4n) is 2.31. The molecule has 0 aliphatic carbocycles. The second-order valence-electron chi connectivity index (χ2n) is 5.85. The van der Waals surface area contributed by atoms with Gasteiger partial charge < -0.3 is 5.32 Å². The molecule has 0 aliphatic heterocycles. The monoisotopic (exact) mass is 353 g/mol. The molecule has 1 heterocycles. The highest BCUT2D eigenvalue weighted by Gasteiger charge is 2.14. The highest BCUT2D eigenvalue weighted by molar-refractivity contribution is 7.92. The van der Waals surface area contributed by atoms with Crippen LogP contribution >= 0.6 is 0 Å². The third-order valence-electron chi connectivity index (χ3n) is 3.64. The summed E-state index contributed by atoms with van der Waals surface area (Å²) in [6.07, 6.45) is 1.49. The van der Waals surface area contributed by atoms with Crippen molar-refractivity contribution in [3.63, 3.8) is 0 Å². The minimum atomic E-state index is -3.62. The summed E-state index contributed by atoms with van der Waals surface area (Å²) < 4.78 is 27.4. The number of aromatic nitrogens is 1. The van der Waals surface area contributed by atoms with E-state index in [1.165, 1.54) is 11.8 Å². The number of nitrogens with zero attached hydrogens (tertiary/aromatic N) is 1. The molecule has 5 nitrogen and oxygen atoms in total. The second-order valence-corrected chi connectivity index (χ2v) is 7.53. The standard InChI is InChI=1S/C19H19N3O2S/c1-14-6-8-16(9-7-14)21-19-11-10-17(13-20-19)22-25(23,24)18-5-3-4-15(2)12-18/h3-13,22H,1-2H3,(H,20,21). The molecule has 0 bridgehead atoms. The van der Waals surface area contributed by atoms with E-state index in [2.05, 4.69) is 15.0 Å². The summed E-state index contributed by atoms with van der Waals surface area (Å²) >= 11 is 0. The Hall–Kier alpha value is -2.86. The van der Waals surface area contributed by atoms with E-state index < -0.39 is 10.0 Å². The van der Waals surface area contributed by atoms with Gasteiger partial charge in [-0.15, -0.1) is 0 Å². The van der Waals surface area contributed by atoms with Gasteiger partial charge in [0, 0.05) is 5.69 Å². The minimum absolute atomic E-state index is 0.231. The first-order chi connectivity index (χ1) is 11.9. The lowest BCUT2D eigenvalue weighted by Gasteiger charge is -2.10. The van der Waals surface area contributed by atoms with Crippen LogP contribution in [0.4, 0.5) is 17.2 Å². The average molecular weight is 353 g/mol. The Balaban J connectivity index is 1.73. The van der Waals surface area contributed by atoms with Gasteiger partial charge in [0.05, 0.1) is 16.8 Å². The Morgan fingerprint density at radius 2 is 1.56 bits per heavy atom. The van der Waals surface area contributed by atoms with Crippen LogP contribution in [0.3, 0.4) is 0 Å². The molecule has 25 heavy (non-hydrogen) atoms. The van der Waals surface area contributed by atoms with Crippen molar-refractivity contribution >= 4 is 27.2 Å². The Labute approximate surface area is 147 Å². The molecule has 128 valence electrons. The SMILES string of the molecule is Cc1ccc(Nc2ccc(NS(=O)(=O)c3cccc(C)c3)cn2)cc1. The highest BCUT2D eigenvalue weighted by atomic mass is 32.2. The van der Waals surface area contributed by atoms with Crippen molar-refractivity contribution in [3.8, 4) is 0 Å². The van der Waals surface area contributed by atoms with Crippen LogP contribution in [-0.2, 0) is 10.0 Å². The lowest BCUT2D eigenvalue weighted by Crippen LogP contribution is -2.13. The summed E-state index contributed by atoms with van der Waals surface area (Å²) in [5.41, 5.74) is 3.40. The molecule has 0 unspecified atom stereocenters. The van der Waals surface area contributed by atoms with E-state index in [1.807, 2.05) is 44.2 Å². The highest BCUT2D eigenvalue weighted by Crippen LogP contribution is 2.19. The normalized spacial score (nSPS) is 11.1. The lowest BCUT2D eigenvalue weighted by atomic mass is 10.2. The second kappa shape index (κ2) is 6.94. The zero-order valence-electron chi connectivity index (χ0n) is 14.0. The summed E-state index contributed by atoms with van der Waals surface area (Å²) in [4.78, 5) is 4.48. The minimum Gasteiger partial charge on any atom is -0.340 e. The third kappa shape index (κ3) is 4.36. The predicted molar refractivity (Wildman–Crippen MR) is 101 cm³/mol. The smallest absolute Gasteiger partial charge is 0.261 e. The molecule has 0 atom stereocenters. The molecule has 3 rings (SSSR count). The van der Waals surface area contributed by atoms with Gasteiger partial charge >= 0.3 is 0 Å². The van der Waals surface area contributed by atoms with Gasteiger partial charge in [-0.3, -0.25) is 4.72 Å². The molecule has 2 N–H and O–H groups in total. The number of pyridine rings is 1. The molecule has 3 aromatic rings. The lowest BCUT2D eigenvalue weighted by molar-refractivity contribution is 0.601. The van der Waals surface area contributed by atoms with Crippen molar-refractivity contribution in [3.05, 3.63) is 78.0 Å². The van der Waals surface area contributed by atoms with Crippen molar-refractivity contribution < 1.29 is 8.42 Å². The first-order valence-corrected chi connectivity index (χ1v) is 9.30. The van der Waals surface area contributed by atoms with E-state index in [0.29, 0.717) is 11.5 Å². The van der Waals surface area contributed by atoms with Gasteiger partial charge in [-0.1, -0.05) is 29.8 Å². The molecule has 0 saturated carbocycles. The largest absolute Gasteiger partial charge is 0.340 e. The van der Waals surface area contributed by atoms with Crippen LogP contribution in [0.5, 0.6) is 0 Å². The van der Waals surface area contributed by atoms with Crippen LogP contribution in [0.2, 0.25) is 0 Å². The first kappa shape index (κ1) is 17.0. The summed E-state index contributed by atoms with van der Waals surface area (Å²) in [6.45, 7) is 3.88. The Bertz CT molecular complexity index is 966. The number of sulfonamides is 1. The van der Waals surface area contributed by atoms with Gasteiger partial charge in [-0.25, -0.2) is 13.4 Å². The van der Waals surface area contributed by atoms with E-state index >= 15 is 0 Å². The molecule has 0 spiro atoms. The van der Waals surface area contributed by atoms with E-state index in [-0.39, 0.29) is 4.90 Å². The average Bonchev–Trinajstić information content (AvgIpc) is 2.58. The van der Waals surface area contributed by atoms with Crippen molar-refractivity contribution in [1.82, 2.24) is 4.98 Å². The molecule has 6 heteroatoms. The summed E-state index contributed by atoms with van der Waals surface area (Å²) in [7, 11) is -3.62. The summed E-state index contributed by atoms with van der Waals surface area (Å²) in [5.74, 6) is 0.641. The molecule has 0 fully saturated rings. The van der Waals surface area contributed by atoms with Crippen LogP contribution in [0, 0.1) is 13.8 Å². The molecule has 2 aromatic carbocycles. The number of rotatable bonds is 5. The van der Waals surface area contributed by atoms with Crippen LogP contribution in [0.25, 0.3) is 0 Å². The number of aryl methyl sites for hydroxylation is 2. The number of benzene rings is 2.